The van der Waals surface area contributed by atoms with E-state index in [4.69, 9.17) is 4.74 Å². The minimum absolute atomic E-state index is 0.0184. The van der Waals surface area contributed by atoms with E-state index >= 15 is 0 Å². The minimum atomic E-state index is -1.01. The predicted octanol–water partition coefficient (Wildman–Crippen LogP) is 2.44. The van der Waals surface area contributed by atoms with Gasteiger partial charge in [-0.1, -0.05) is 60.7 Å². The maximum absolute atomic E-state index is 12.9. The van der Waals surface area contributed by atoms with Crippen molar-refractivity contribution in [3.8, 4) is 0 Å². The number of rotatable bonds is 5. The van der Waals surface area contributed by atoms with E-state index in [1.54, 1.807) is 0 Å². The van der Waals surface area contributed by atoms with E-state index in [0.717, 1.165) is 16.0 Å². The van der Waals surface area contributed by atoms with E-state index in [9.17, 15) is 14.4 Å². The Labute approximate surface area is 152 Å². The second-order valence-corrected chi connectivity index (χ2v) is 6.13. The van der Waals surface area contributed by atoms with Crippen LogP contribution in [0.2, 0.25) is 0 Å². The van der Waals surface area contributed by atoms with Crippen molar-refractivity contribution in [1.82, 2.24) is 9.80 Å². The molecule has 1 atom stereocenters. The Morgan fingerprint density at radius 2 is 1.50 bits per heavy atom. The first-order chi connectivity index (χ1) is 12.6. The predicted molar refractivity (Wildman–Crippen MR) is 94.7 cm³/mol. The lowest BCUT2D eigenvalue weighted by molar-refractivity contribution is -0.155. The van der Waals surface area contributed by atoms with Crippen molar-refractivity contribution >= 4 is 17.9 Å². The molecule has 1 saturated heterocycles. The number of hydrogen-bond donors (Lipinski definition) is 0. The van der Waals surface area contributed by atoms with E-state index in [-0.39, 0.29) is 13.1 Å². The Morgan fingerprint density at radius 3 is 2.04 bits per heavy atom. The zero-order chi connectivity index (χ0) is 18.5. The highest BCUT2D eigenvalue weighted by Gasteiger charge is 2.43. The van der Waals surface area contributed by atoms with Crippen molar-refractivity contribution in [3.05, 3.63) is 71.8 Å². The lowest BCUT2D eigenvalue weighted by atomic mass is 10.0. The number of hydrogen-bond acceptors (Lipinski definition) is 4. The molecule has 3 rings (SSSR count). The van der Waals surface area contributed by atoms with Gasteiger partial charge in [-0.3, -0.25) is 14.5 Å². The third-order valence-electron chi connectivity index (χ3n) is 4.35. The molecular formula is C20H20N2O4. The lowest BCUT2D eigenvalue weighted by Gasteiger charge is -2.37. The first kappa shape index (κ1) is 17.7. The van der Waals surface area contributed by atoms with E-state index in [1.165, 1.54) is 12.0 Å². The fourth-order valence-electron chi connectivity index (χ4n) is 2.99. The molecule has 0 aliphatic carbocycles. The summed E-state index contributed by atoms with van der Waals surface area (Å²) in [7, 11) is 1.25. The van der Waals surface area contributed by atoms with Gasteiger partial charge in [-0.25, -0.2) is 4.79 Å². The van der Waals surface area contributed by atoms with Gasteiger partial charge in [0, 0.05) is 13.1 Å². The van der Waals surface area contributed by atoms with Crippen LogP contribution in [0.4, 0.5) is 4.79 Å². The molecule has 1 aliphatic heterocycles. The van der Waals surface area contributed by atoms with Gasteiger partial charge in [0.05, 0.1) is 13.7 Å². The number of benzene rings is 2. The van der Waals surface area contributed by atoms with Crippen molar-refractivity contribution in [2.45, 2.75) is 13.1 Å². The second-order valence-electron chi connectivity index (χ2n) is 6.13. The van der Waals surface area contributed by atoms with Gasteiger partial charge in [-0.2, -0.15) is 0 Å². The van der Waals surface area contributed by atoms with Crippen molar-refractivity contribution in [3.63, 3.8) is 0 Å². The number of amides is 3. The van der Waals surface area contributed by atoms with Crippen molar-refractivity contribution < 1.29 is 19.1 Å². The summed E-state index contributed by atoms with van der Waals surface area (Å²) in [6.07, 6.45) is 0. The van der Waals surface area contributed by atoms with Crippen molar-refractivity contribution in [1.29, 1.82) is 0 Å². The van der Waals surface area contributed by atoms with Gasteiger partial charge in [0.1, 0.15) is 0 Å². The van der Waals surface area contributed by atoms with Crippen LogP contribution < -0.4 is 0 Å². The first-order valence-electron chi connectivity index (χ1n) is 8.36. The summed E-state index contributed by atoms with van der Waals surface area (Å²) >= 11 is 0. The molecule has 1 fully saturated rings. The zero-order valence-electron chi connectivity index (χ0n) is 14.5. The molecule has 0 radical (unpaired) electrons. The van der Waals surface area contributed by atoms with Crippen LogP contribution in [0.15, 0.2) is 60.7 Å². The number of carbonyl (C=O) groups excluding carboxylic acids is 3. The van der Waals surface area contributed by atoms with Gasteiger partial charge >= 0.3 is 12.0 Å². The monoisotopic (exact) mass is 352 g/mol. The number of urea groups is 1. The van der Waals surface area contributed by atoms with Gasteiger partial charge < -0.3 is 9.64 Å². The Bertz CT molecular complexity index is 792. The van der Waals surface area contributed by atoms with Gasteiger partial charge in [0.2, 0.25) is 5.91 Å². The molecule has 134 valence electrons. The molecule has 1 unspecified atom stereocenters. The normalized spacial score (nSPS) is 17.3. The number of ether oxygens (including phenoxy) is 1. The molecule has 26 heavy (non-hydrogen) atoms. The summed E-state index contributed by atoms with van der Waals surface area (Å²) in [4.78, 5) is 40.3. The van der Waals surface area contributed by atoms with E-state index in [2.05, 4.69) is 0 Å². The smallest absolute Gasteiger partial charge is 0.327 e. The largest absolute Gasteiger partial charge is 0.468 e. The van der Waals surface area contributed by atoms with E-state index in [1.807, 2.05) is 60.7 Å². The number of imide groups is 1. The average Bonchev–Trinajstić information content (AvgIpc) is 2.68. The van der Waals surface area contributed by atoms with Crippen LogP contribution in [-0.2, 0) is 27.4 Å². The van der Waals surface area contributed by atoms with Crippen LogP contribution in [0, 0.1) is 5.92 Å². The summed E-state index contributed by atoms with van der Waals surface area (Å²) in [5, 5.41) is 0. The number of carbonyl (C=O) groups is 3. The lowest BCUT2D eigenvalue weighted by Crippen LogP contribution is -2.57. The van der Waals surface area contributed by atoms with Crippen LogP contribution in [-0.4, -0.2) is 41.4 Å². The molecule has 6 heteroatoms. The molecule has 2 aromatic carbocycles. The third kappa shape index (κ3) is 3.74. The molecule has 1 heterocycles. The maximum Gasteiger partial charge on any atom is 0.327 e. The minimum Gasteiger partial charge on any atom is -0.468 e. The molecule has 6 nitrogen and oxygen atoms in total. The molecule has 3 amide bonds. The maximum atomic E-state index is 12.9. The quantitative estimate of drug-likeness (QED) is 0.612. The van der Waals surface area contributed by atoms with Crippen molar-refractivity contribution in [2.75, 3.05) is 13.7 Å². The molecule has 0 saturated carbocycles. The van der Waals surface area contributed by atoms with E-state index in [0.29, 0.717) is 6.54 Å². The highest BCUT2D eigenvalue weighted by atomic mass is 16.5. The fourth-order valence-corrected chi connectivity index (χ4v) is 2.99. The fraction of sp³-hybridized carbons (Fsp3) is 0.250. The Kier molecular flexibility index (Phi) is 5.31. The first-order valence-corrected chi connectivity index (χ1v) is 8.36. The summed E-state index contributed by atoms with van der Waals surface area (Å²) in [6, 6.07) is 18.3. The SMILES string of the molecule is COC(=O)C1CN(Cc2ccccc2)C(=O)N(Cc2ccccc2)C1=O. The molecule has 0 spiro atoms. The van der Waals surface area contributed by atoms with Gasteiger partial charge in [0.15, 0.2) is 5.92 Å². The van der Waals surface area contributed by atoms with Gasteiger partial charge in [-0.05, 0) is 11.1 Å². The van der Waals surface area contributed by atoms with Crippen LogP contribution in [0.5, 0.6) is 0 Å². The van der Waals surface area contributed by atoms with Crippen LogP contribution in [0.25, 0.3) is 0 Å². The van der Waals surface area contributed by atoms with Crippen LogP contribution in [0.1, 0.15) is 11.1 Å². The summed E-state index contributed by atoms with van der Waals surface area (Å²) < 4.78 is 4.77. The van der Waals surface area contributed by atoms with E-state index < -0.39 is 23.8 Å². The van der Waals surface area contributed by atoms with Crippen molar-refractivity contribution in [2.24, 2.45) is 5.92 Å². The second kappa shape index (κ2) is 7.82. The Hall–Kier alpha value is -3.15. The van der Waals surface area contributed by atoms with Crippen LogP contribution >= 0.6 is 0 Å². The topological polar surface area (TPSA) is 66.9 Å². The van der Waals surface area contributed by atoms with Gasteiger partial charge in [-0.15, -0.1) is 0 Å². The molecule has 0 bridgehead atoms. The summed E-state index contributed by atoms with van der Waals surface area (Å²) in [5.74, 6) is -2.15. The Morgan fingerprint density at radius 1 is 0.962 bits per heavy atom. The number of esters is 1. The number of nitrogens with zero attached hydrogens (tertiary/aromatic N) is 2. The molecule has 2 aromatic rings. The summed E-state index contributed by atoms with van der Waals surface area (Å²) in [5.41, 5.74) is 1.75. The molecule has 0 N–H and O–H groups in total. The third-order valence-corrected chi connectivity index (χ3v) is 4.35. The number of methoxy groups -OCH3 is 1. The highest BCUT2D eigenvalue weighted by Crippen LogP contribution is 2.22. The van der Waals surface area contributed by atoms with Crippen LogP contribution in [0.3, 0.4) is 0 Å². The zero-order valence-corrected chi connectivity index (χ0v) is 14.5. The molecule has 1 aliphatic rings. The standard InChI is InChI=1S/C20H20N2O4/c1-26-19(24)17-14-21(12-15-8-4-2-5-9-15)20(25)22(18(17)23)13-16-10-6-3-7-11-16/h2-11,17H,12-14H2,1H3. The Balaban J connectivity index is 1.86. The van der Waals surface area contributed by atoms with Gasteiger partial charge in [0.25, 0.3) is 0 Å². The average molecular weight is 352 g/mol. The molecular weight excluding hydrogens is 332 g/mol. The molecule has 0 aromatic heterocycles. The highest BCUT2D eigenvalue weighted by molar-refractivity contribution is 6.07. The summed E-state index contributed by atoms with van der Waals surface area (Å²) in [6.45, 7) is 0.466.